The minimum Gasteiger partial charge on any atom is -0.341 e. The molecule has 3 nitrogen and oxygen atoms in total. The van der Waals surface area contributed by atoms with E-state index < -0.39 is 0 Å². The Morgan fingerprint density at radius 2 is 2.06 bits per heavy atom. The molecule has 1 unspecified atom stereocenters. The van der Waals surface area contributed by atoms with Gasteiger partial charge in [0.1, 0.15) is 0 Å². The predicted molar refractivity (Wildman–Crippen MR) is 76.0 cm³/mol. The summed E-state index contributed by atoms with van der Waals surface area (Å²) in [5.74, 6) is 0.0678. The standard InChI is InChI=1S/C13H18Cl2N2O/c1-9(7-16-2)13(18)17(3)8-10-4-5-11(14)12(15)6-10/h4-6,9,16H,7-8H2,1-3H3. The predicted octanol–water partition coefficient (Wildman–Crippen LogP) is 2.81. The Hall–Kier alpha value is -0.770. The van der Waals surface area contributed by atoms with Crippen molar-refractivity contribution in [3.8, 4) is 0 Å². The summed E-state index contributed by atoms with van der Waals surface area (Å²) < 4.78 is 0. The van der Waals surface area contributed by atoms with Gasteiger partial charge in [-0.05, 0) is 24.7 Å². The second-order valence-corrected chi connectivity index (χ2v) is 5.22. The van der Waals surface area contributed by atoms with E-state index in [9.17, 15) is 4.79 Å². The van der Waals surface area contributed by atoms with Gasteiger partial charge in [-0.2, -0.15) is 0 Å². The van der Waals surface area contributed by atoms with Crippen molar-refractivity contribution in [2.24, 2.45) is 5.92 Å². The maximum absolute atomic E-state index is 12.0. The van der Waals surface area contributed by atoms with Crippen molar-refractivity contribution in [1.29, 1.82) is 0 Å². The van der Waals surface area contributed by atoms with Crippen molar-refractivity contribution in [1.82, 2.24) is 10.2 Å². The lowest BCUT2D eigenvalue weighted by molar-refractivity contribution is -0.134. The van der Waals surface area contributed by atoms with Crippen LogP contribution in [-0.4, -0.2) is 31.4 Å². The summed E-state index contributed by atoms with van der Waals surface area (Å²) in [5, 5.41) is 4.04. The normalized spacial score (nSPS) is 12.3. The van der Waals surface area contributed by atoms with Gasteiger partial charge >= 0.3 is 0 Å². The second-order valence-electron chi connectivity index (χ2n) is 4.40. The van der Waals surface area contributed by atoms with Crippen LogP contribution in [0.15, 0.2) is 18.2 Å². The minimum absolute atomic E-state index is 0.0391. The van der Waals surface area contributed by atoms with Crippen LogP contribution in [0.1, 0.15) is 12.5 Å². The molecule has 1 amide bonds. The molecule has 1 aromatic carbocycles. The molecule has 0 aliphatic heterocycles. The topological polar surface area (TPSA) is 32.3 Å². The Morgan fingerprint density at radius 3 is 2.61 bits per heavy atom. The van der Waals surface area contributed by atoms with E-state index in [1.54, 1.807) is 24.1 Å². The number of hydrogen-bond donors (Lipinski definition) is 1. The van der Waals surface area contributed by atoms with Gasteiger partial charge in [0, 0.05) is 26.1 Å². The van der Waals surface area contributed by atoms with E-state index in [-0.39, 0.29) is 11.8 Å². The molecule has 0 aromatic heterocycles. The van der Waals surface area contributed by atoms with Crippen LogP contribution in [0, 0.1) is 5.92 Å². The van der Waals surface area contributed by atoms with Crippen LogP contribution in [0.3, 0.4) is 0 Å². The first-order valence-corrected chi connectivity index (χ1v) is 6.54. The highest BCUT2D eigenvalue weighted by atomic mass is 35.5. The third kappa shape index (κ3) is 4.16. The van der Waals surface area contributed by atoms with Crippen LogP contribution in [0.2, 0.25) is 10.0 Å². The Kier molecular flexibility index (Phi) is 5.93. The molecule has 0 spiro atoms. The SMILES string of the molecule is CNCC(C)C(=O)N(C)Cc1ccc(Cl)c(Cl)c1. The van der Waals surface area contributed by atoms with Crippen molar-refractivity contribution in [3.63, 3.8) is 0 Å². The number of carbonyl (C=O) groups excluding carboxylic acids is 1. The molecular weight excluding hydrogens is 271 g/mol. The molecule has 0 saturated heterocycles. The summed E-state index contributed by atoms with van der Waals surface area (Å²) in [6, 6.07) is 5.41. The number of rotatable bonds is 5. The van der Waals surface area contributed by atoms with Gasteiger partial charge in [-0.1, -0.05) is 36.2 Å². The summed E-state index contributed by atoms with van der Waals surface area (Å²) >= 11 is 11.8. The maximum atomic E-state index is 12.0. The molecule has 1 N–H and O–H groups in total. The Morgan fingerprint density at radius 1 is 1.39 bits per heavy atom. The molecule has 0 bridgehead atoms. The first-order valence-electron chi connectivity index (χ1n) is 5.79. The van der Waals surface area contributed by atoms with Gasteiger partial charge in [0.05, 0.1) is 10.0 Å². The van der Waals surface area contributed by atoms with Crippen molar-refractivity contribution in [2.75, 3.05) is 20.6 Å². The van der Waals surface area contributed by atoms with Crippen molar-refractivity contribution < 1.29 is 4.79 Å². The zero-order chi connectivity index (χ0) is 13.7. The second kappa shape index (κ2) is 6.98. The Balaban J connectivity index is 2.66. The smallest absolute Gasteiger partial charge is 0.226 e. The number of carbonyl (C=O) groups is 1. The van der Waals surface area contributed by atoms with Crippen molar-refractivity contribution in [3.05, 3.63) is 33.8 Å². The zero-order valence-corrected chi connectivity index (χ0v) is 12.3. The van der Waals surface area contributed by atoms with Crippen LogP contribution < -0.4 is 5.32 Å². The van der Waals surface area contributed by atoms with E-state index in [1.165, 1.54) is 0 Å². The third-order valence-electron chi connectivity index (χ3n) is 2.71. The first kappa shape index (κ1) is 15.3. The fourth-order valence-electron chi connectivity index (χ4n) is 1.76. The molecule has 18 heavy (non-hydrogen) atoms. The third-order valence-corrected chi connectivity index (χ3v) is 3.45. The highest BCUT2D eigenvalue weighted by Gasteiger charge is 2.16. The highest BCUT2D eigenvalue weighted by Crippen LogP contribution is 2.23. The fraction of sp³-hybridized carbons (Fsp3) is 0.462. The van der Waals surface area contributed by atoms with E-state index >= 15 is 0 Å². The quantitative estimate of drug-likeness (QED) is 0.904. The lowest BCUT2D eigenvalue weighted by Gasteiger charge is -2.21. The number of nitrogens with one attached hydrogen (secondary N) is 1. The van der Waals surface area contributed by atoms with E-state index in [4.69, 9.17) is 23.2 Å². The van der Waals surface area contributed by atoms with Gasteiger partial charge in [-0.3, -0.25) is 4.79 Å². The van der Waals surface area contributed by atoms with Crippen molar-refractivity contribution in [2.45, 2.75) is 13.5 Å². The number of amides is 1. The van der Waals surface area contributed by atoms with E-state index in [0.29, 0.717) is 23.1 Å². The van der Waals surface area contributed by atoms with Gasteiger partial charge in [0.2, 0.25) is 5.91 Å². The Bertz CT molecular complexity index is 423. The van der Waals surface area contributed by atoms with Gasteiger partial charge in [-0.25, -0.2) is 0 Å². The first-order chi connectivity index (χ1) is 8.45. The molecule has 100 valence electrons. The molecule has 1 rings (SSSR count). The number of hydrogen-bond acceptors (Lipinski definition) is 2. The number of halogens is 2. The lowest BCUT2D eigenvalue weighted by Crippen LogP contribution is -2.35. The zero-order valence-electron chi connectivity index (χ0n) is 10.8. The molecule has 0 radical (unpaired) electrons. The van der Waals surface area contributed by atoms with Crippen LogP contribution in [-0.2, 0) is 11.3 Å². The summed E-state index contributed by atoms with van der Waals surface area (Å²) in [5.41, 5.74) is 0.969. The van der Waals surface area contributed by atoms with E-state index in [0.717, 1.165) is 5.56 Å². The molecule has 5 heteroatoms. The maximum Gasteiger partial charge on any atom is 0.226 e. The molecule has 1 atom stereocenters. The van der Waals surface area contributed by atoms with Crippen LogP contribution >= 0.6 is 23.2 Å². The average Bonchev–Trinajstić information content (AvgIpc) is 2.33. The largest absolute Gasteiger partial charge is 0.341 e. The summed E-state index contributed by atoms with van der Waals surface area (Å²) in [7, 11) is 3.62. The van der Waals surface area contributed by atoms with Crippen LogP contribution in [0.4, 0.5) is 0 Å². The van der Waals surface area contributed by atoms with Gasteiger partial charge in [-0.15, -0.1) is 0 Å². The molecular formula is C13H18Cl2N2O. The lowest BCUT2D eigenvalue weighted by atomic mass is 10.1. The van der Waals surface area contributed by atoms with Gasteiger partial charge < -0.3 is 10.2 Å². The van der Waals surface area contributed by atoms with E-state index in [2.05, 4.69) is 5.32 Å². The number of benzene rings is 1. The number of nitrogens with zero attached hydrogens (tertiary/aromatic N) is 1. The Labute approximate surface area is 118 Å². The highest BCUT2D eigenvalue weighted by molar-refractivity contribution is 6.42. The van der Waals surface area contributed by atoms with Crippen LogP contribution in [0.5, 0.6) is 0 Å². The van der Waals surface area contributed by atoms with Gasteiger partial charge in [0.25, 0.3) is 0 Å². The molecule has 0 aliphatic rings. The average molecular weight is 289 g/mol. The van der Waals surface area contributed by atoms with Gasteiger partial charge in [0.15, 0.2) is 0 Å². The molecule has 0 heterocycles. The summed E-state index contributed by atoms with van der Waals surface area (Å²) in [6.07, 6.45) is 0. The van der Waals surface area contributed by atoms with E-state index in [1.807, 2.05) is 20.0 Å². The fourth-order valence-corrected chi connectivity index (χ4v) is 2.08. The molecule has 1 aromatic rings. The molecule has 0 saturated carbocycles. The monoisotopic (exact) mass is 288 g/mol. The molecule has 0 aliphatic carbocycles. The van der Waals surface area contributed by atoms with Crippen LogP contribution in [0.25, 0.3) is 0 Å². The molecule has 0 fully saturated rings. The summed E-state index contributed by atoms with van der Waals surface area (Å²) in [6.45, 7) is 3.11. The summed E-state index contributed by atoms with van der Waals surface area (Å²) in [4.78, 5) is 13.7. The van der Waals surface area contributed by atoms with Crippen molar-refractivity contribution >= 4 is 29.1 Å². The minimum atomic E-state index is -0.0391.